The summed E-state index contributed by atoms with van der Waals surface area (Å²) in [7, 11) is 0. The third-order valence-electron chi connectivity index (χ3n) is 5.50. The minimum atomic E-state index is -0.181. The van der Waals surface area contributed by atoms with Crippen LogP contribution in [0.1, 0.15) is 39.4 Å². The summed E-state index contributed by atoms with van der Waals surface area (Å²) < 4.78 is 0. The molecule has 1 saturated heterocycles. The van der Waals surface area contributed by atoms with Crippen LogP contribution in [-0.4, -0.2) is 51.8 Å². The maximum absolute atomic E-state index is 12.4. The van der Waals surface area contributed by atoms with E-state index in [4.69, 9.17) is 0 Å². The van der Waals surface area contributed by atoms with Gasteiger partial charge in [0.1, 0.15) is 5.82 Å². The molecule has 3 rings (SSSR count). The molecule has 1 aromatic carbocycles. The molecule has 7 heteroatoms. The van der Waals surface area contributed by atoms with Crippen LogP contribution >= 0.6 is 0 Å². The van der Waals surface area contributed by atoms with Gasteiger partial charge in [0.25, 0.3) is 0 Å². The molecule has 7 nitrogen and oxygen atoms in total. The topological polar surface area (TPSA) is 85.9 Å². The number of aromatic amines is 1. The zero-order chi connectivity index (χ0) is 20.1. The van der Waals surface area contributed by atoms with Crippen LogP contribution in [0.5, 0.6) is 0 Å². The van der Waals surface area contributed by atoms with Crippen LogP contribution in [0.2, 0.25) is 0 Å². The van der Waals surface area contributed by atoms with Gasteiger partial charge in [-0.15, -0.1) is 0 Å². The number of nitrogens with zero attached hydrogens (tertiary/aromatic N) is 3. The average Bonchev–Trinajstić information content (AvgIpc) is 3.10. The minimum absolute atomic E-state index is 0.181. The first kappa shape index (κ1) is 20.3. The number of rotatable bonds is 6. The largest absolute Gasteiger partial charge is 0.336 e. The highest BCUT2D eigenvalue weighted by atomic mass is 16.2. The number of amides is 2. The summed E-state index contributed by atoms with van der Waals surface area (Å²) in [5.74, 6) is 2.69. The molecule has 2 heterocycles. The molecule has 1 aromatic heterocycles. The molecule has 0 aliphatic carbocycles. The first-order chi connectivity index (χ1) is 13.4. The van der Waals surface area contributed by atoms with Crippen LogP contribution in [-0.2, 0) is 0 Å². The Bertz CT molecular complexity index is 779. The van der Waals surface area contributed by atoms with E-state index in [0.717, 1.165) is 36.1 Å². The smallest absolute Gasteiger partial charge is 0.319 e. The molecule has 1 unspecified atom stereocenters. The second-order valence-electron chi connectivity index (χ2n) is 8.19. The highest BCUT2D eigenvalue weighted by molar-refractivity contribution is 5.89. The molecule has 0 radical (unpaired) electrons. The Hall–Kier alpha value is -2.41. The number of anilines is 1. The molecule has 2 aromatic rings. The molecule has 1 aliphatic heterocycles. The Balaban J connectivity index is 1.56. The van der Waals surface area contributed by atoms with E-state index in [0.29, 0.717) is 24.3 Å². The van der Waals surface area contributed by atoms with Crippen molar-refractivity contribution < 1.29 is 4.79 Å². The summed E-state index contributed by atoms with van der Waals surface area (Å²) in [4.78, 5) is 19.3. The van der Waals surface area contributed by atoms with E-state index < -0.39 is 0 Å². The van der Waals surface area contributed by atoms with Crippen LogP contribution < -0.4 is 10.6 Å². The standard InChI is InChI=1S/C21H32N6O/c1-14(2)19(27-10-8-15(3)9-11-27)13-22-21(28)24-18-7-5-6-17(12-18)20-23-16(4)25-26-20/h5-7,12,14-15,19H,8-11,13H2,1-4H3,(H2,22,24,28)(H,23,25,26). The van der Waals surface area contributed by atoms with E-state index in [1.54, 1.807) is 0 Å². The summed E-state index contributed by atoms with van der Waals surface area (Å²) in [5, 5.41) is 13.0. The molecule has 2 amide bonds. The molecule has 1 aliphatic rings. The molecule has 0 spiro atoms. The van der Waals surface area contributed by atoms with E-state index in [1.807, 2.05) is 31.2 Å². The molecule has 152 valence electrons. The Labute approximate surface area is 167 Å². The van der Waals surface area contributed by atoms with Gasteiger partial charge in [0.15, 0.2) is 5.82 Å². The number of urea groups is 1. The molecule has 0 saturated carbocycles. The second kappa shape index (κ2) is 9.19. The quantitative estimate of drug-likeness (QED) is 0.709. The van der Waals surface area contributed by atoms with Crippen LogP contribution in [0, 0.1) is 18.8 Å². The maximum Gasteiger partial charge on any atom is 0.319 e. The monoisotopic (exact) mass is 384 g/mol. The van der Waals surface area contributed by atoms with Crippen molar-refractivity contribution in [3.63, 3.8) is 0 Å². The second-order valence-corrected chi connectivity index (χ2v) is 8.19. The van der Waals surface area contributed by atoms with E-state index in [-0.39, 0.29) is 6.03 Å². The Kier molecular flexibility index (Phi) is 6.67. The van der Waals surface area contributed by atoms with Gasteiger partial charge in [-0.05, 0) is 56.8 Å². The van der Waals surface area contributed by atoms with Crippen molar-refractivity contribution in [2.45, 2.75) is 46.6 Å². The summed E-state index contributed by atoms with van der Waals surface area (Å²) in [6, 6.07) is 7.75. The first-order valence-corrected chi connectivity index (χ1v) is 10.2. The van der Waals surface area contributed by atoms with Gasteiger partial charge >= 0.3 is 6.03 Å². The zero-order valence-corrected chi connectivity index (χ0v) is 17.3. The van der Waals surface area contributed by atoms with Crippen molar-refractivity contribution in [1.29, 1.82) is 0 Å². The Morgan fingerprint density at radius 1 is 1.32 bits per heavy atom. The van der Waals surface area contributed by atoms with Crippen LogP contribution in [0.25, 0.3) is 11.4 Å². The molecular weight excluding hydrogens is 352 g/mol. The molecule has 28 heavy (non-hydrogen) atoms. The number of carbonyl (C=O) groups excluding carboxylic acids is 1. The van der Waals surface area contributed by atoms with E-state index >= 15 is 0 Å². The van der Waals surface area contributed by atoms with Crippen LogP contribution in [0.3, 0.4) is 0 Å². The van der Waals surface area contributed by atoms with Crippen molar-refractivity contribution in [3.05, 3.63) is 30.1 Å². The van der Waals surface area contributed by atoms with Gasteiger partial charge in [-0.1, -0.05) is 32.9 Å². The lowest BCUT2D eigenvalue weighted by molar-refractivity contribution is 0.108. The van der Waals surface area contributed by atoms with Crippen molar-refractivity contribution in [3.8, 4) is 11.4 Å². The number of hydrogen-bond donors (Lipinski definition) is 3. The van der Waals surface area contributed by atoms with Crippen molar-refractivity contribution in [2.24, 2.45) is 11.8 Å². The fraction of sp³-hybridized carbons (Fsp3) is 0.571. The highest BCUT2D eigenvalue weighted by Crippen LogP contribution is 2.21. The summed E-state index contributed by atoms with van der Waals surface area (Å²) in [5.41, 5.74) is 1.59. The minimum Gasteiger partial charge on any atom is -0.336 e. The van der Waals surface area contributed by atoms with Gasteiger partial charge in [-0.25, -0.2) is 9.78 Å². The zero-order valence-electron chi connectivity index (χ0n) is 17.3. The van der Waals surface area contributed by atoms with Gasteiger partial charge in [0.2, 0.25) is 0 Å². The van der Waals surface area contributed by atoms with Crippen LogP contribution in [0.4, 0.5) is 10.5 Å². The van der Waals surface area contributed by atoms with Crippen molar-refractivity contribution in [1.82, 2.24) is 25.4 Å². The van der Waals surface area contributed by atoms with E-state index in [2.05, 4.69) is 51.5 Å². The molecule has 3 N–H and O–H groups in total. The summed E-state index contributed by atoms with van der Waals surface area (Å²) in [6.45, 7) is 11.5. The third-order valence-corrected chi connectivity index (χ3v) is 5.50. The van der Waals surface area contributed by atoms with Gasteiger partial charge in [0.05, 0.1) is 0 Å². The fourth-order valence-corrected chi connectivity index (χ4v) is 3.73. The van der Waals surface area contributed by atoms with E-state index in [1.165, 1.54) is 12.8 Å². The molecule has 0 bridgehead atoms. The van der Waals surface area contributed by atoms with Crippen LogP contribution in [0.15, 0.2) is 24.3 Å². The lowest BCUT2D eigenvalue weighted by atomic mass is 9.94. The number of piperidine rings is 1. The number of H-pyrrole nitrogens is 1. The van der Waals surface area contributed by atoms with E-state index in [9.17, 15) is 4.79 Å². The van der Waals surface area contributed by atoms with Crippen molar-refractivity contribution >= 4 is 11.7 Å². The fourth-order valence-electron chi connectivity index (χ4n) is 3.73. The predicted molar refractivity (Wildman–Crippen MR) is 112 cm³/mol. The Morgan fingerprint density at radius 3 is 2.71 bits per heavy atom. The predicted octanol–water partition coefficient (Wildman–Crippen LogP) is 3.66. The van der Waals surface area contributed by atoms with Crippen molar-refractivity contribution in [2.75, 3.05) is 25.0 Å². The lowest BCUT2D eigenvalue weighted by Gasteiger charge is -2.38. The first-order valence-electron chi connectivity index (χ1n) is 10.2. The number of benzene rings is 1. The van der Waals surface area contributed by atoms with Gasteiger partial charge in [0, 0.05) is 23.8 Å². The maximum atomic E-state index is 12.4. The number of aromatic nitrogens is 3. The highest BCUT2D eigenvalue weighted by Gasteiger charge is 2.25. The molecule has 1 fully saturated rings. The van der Waals surface area contributed by atoms with Gasteiger partial charge < -0.3 is 10.6 Å². The number of nitrogens with one attached hydrogen (secondary N) is 3. The molecule has 1 atom stereocenters. The lowest BCUT2D eigenvalue weighted by Crippen LogP contribution is -2.50. The van der Waals surface area contributed by atoms with Gasteiger partial charge in [-0.2, -0.15) is 5.10 Å². The normalized spacial score (nSPS) is 16.9. The average molecular weight is 385 g/mol. The number of hydrogen-bond acceptors (Lipinski definition) is 4. The Morgan fingerprint density at radius 2 is 2.07 bits per heavy atom. The summed E-state index contributed by atoms with van der Waals surface area (Å²) >= 11 is 0. The van der Waals surface area contributed by atoms with Gasteiger partial charge in [-0.3, -0.25) is 10.00 Å². The SMILES string of the molecule is Cc1nc(-c2cccc(NC(=O)NCC(C(C)C)N3CCC(C)CC3)c2)n[nH]1. The molecular formula is C21H32N6O. The number of likely N-dealkylation sites (tertiary alicyclic amines) is 1. The number of carbonyl (C=O) groups is 1. The third kappa shape index (κ3) is 5.32. The number of aryl methyl sites for hydroxylation is 1. The summed E-state index contributed by atoms with van der Waals surface area (Å²) in [6.07, 6.45) is 2.48.